The monoisotopic (exact) mass is 474 g/mol. The summed E-state index contributed by atoms with van der Waals surface area (Å²) in [5.41, 5.74) is 4.32. The van der Waals surface area contributed by atoms with Crippen LogP contribution in [0.3, 0.4) is 0 Å². The first-order valence-electron chi connectivity index (χ1n) is 11.5. The fourth-order valence-corrected chi connectivity index (χ4v) is 4.95. The number of rotatable bonds is 6. The van der Waals surface area contributed by atoms with E-state index in [0.717, 1.165) is 60.1 Å². The predicted octanol–water partition coefficient (Wildman–Crippen LogP) is 3.94. The topological polar surface area (TPSA) is 91.3 Å². The van der Waals surface area contributed by atoms with Crippen LogP contribution in [0.5, 0.6) is 0 Å². The Morgan fingerprint density at radius 3 is 2.56 bits per heavy atom. The number of piperazine rings is 1. The van der Waals surface area contributed by atoms with Crippen molar-refractivity contribution >= 4 is 45.6 Å². The van der Waals surface area contributed by atoms with Crippen LogP contribution in [0.15, 0.2) is 47.8 Å². The molecule has 0 unspecified atom stereocenters. The van der Waals surface area contributed by atoms with Crippen molar-refractivity contribution in [1.82, 2.24) is 25.2 Å². The minimum atomic E-state index is -0.400. The standard InChI is InChI=1S/C25H26N6O2S/c1-2-3-8-30-9-11-31(12-10-30)19-6-4-17(5-7-19)23-20-13-18(26-15-21(20)27-16-28-23)14-22-24(32)29-25(33)34-22/h4-7,13-16H,2-3,8-12H2,1H3,(H,29,32,33). The van der Waals surface area contributed by atoms with Gasteiger partial charge in [0.2, 0.25) is 0 Å². The largest absolute Gasteiger partial charge is 0.369 e. The number of hydrogen-bond donors (Lipinski definition) is 1. The van der Waals surface area contributed by atoms with E-state index in [0.29, 0.717) is 10.6 Å². The van der Waals surface area contributed by atoms with E-state index in [1.54, 1.807) is 18.6 Å². The summed E-state index contributed by atoms with van der Waals surface area (Å²) in [6, 6.07) is 10.4. The second-order valence-corrected chi connectivity index (χ2v) is 9.44. The second kappa shape index (κ2) is 9.90. The molecular formula is C25H26N6O2S. The average Bonchev–Trinajstić information content (AvgIpc) is 3.19. The Labute approximate surface area is 202 Å². The summed E-state index contributed by atoms with van der Waals surface area (Å²) in [7, 11) is 0. The molecule has 0 radical (unpaired) electrons. The van der Waals surface area contributed by atoms with Gasteiger partial charge in [0.1, 0.15) is 6.33 Å². The van der Waals surface area contributed by atoms with Gasteiger partial charge in [0.25, 0.3) is 11.1 Å². The fraction of sp³-hybridized carbons (Fsp3) is 0.320. The highest BCUT2D eigenvalue weighted by atomic mass is 32.2. The molecule has 34 heavy (non-hydrogen) atoms. The van der Waals surface area contributed by atoms with Gasteiger partial charge < -0.3 is 4.90 Å². The minimum absolute atomic E-state index is 0.328. The van der Waals surface area contributed by atoms with Crippen LogP contribution in [0, 0.1) is 0 Å². The number of aromatic nitrogens is 3. The quantitative estimate of drug-likeness (QED) is 0.537. The zero-order valence-electron chi connectivity index (χ0n) is 19.0. The molecule has 2 aliphatic heterocycles. The number of carbonyl (C=O) groups is 2. The van der Waals surface area contributed by atoms with Crippen molar-refractivity contribution in [3.63, 3.8) is 0 Å². The number of nitrogens with one attached hydrogen (secondary N) is 1. The van der Waals surface area contributed by atoms with Crippen LogP contribution >= 0.6 is 11.8 Å². The minimum Gasteiger partial charge on any atom is -0.369 e. The number of benzene rings is 1. The molecule has 0 bridgehead atoms. The van der Waals surface area contributed by atoms with Crippen molar-refractivity contribution < 1.29 is 9.59 Å². The molecule has 1 aromatic carbocycles. The number of thioether (sulfide) groups is 1. The Morgan fingerprint density at radius 1 is 1.06 bits per heavy atom. The average molecular weight is 475 g/mol. The molecule has 0 spiro atoms. The van der Waals surface area contributed by atoms with Crippen LogP contribution in [0.1, 0.15) is 25.5 Å². The Morgan fingerprint density at radius 2 is 1.85 bits per heavy atom. The summed E-state index contributed by atoms with van der Waals surface area (Å²) in [6.45, 7) is 7.71. The molecule has 4 heterocycles. The van der Waals surface area contributed by atoms with Crippen molar-refractivity contribution in [3.8, 4) is 11.3 Å². The molecule has 9 heteroatoms. The fourth-order valence-electron chi connectivity index (χ4n) is 4.28. The lowest BCUT2D eigenvalue weighted by Crippen LogP contribution is -2.46. The van der Waals surface area contributed by atoms with Gasteiger partial charge in [-0.25, -0.2) is 9.97 Å². The van der Waals surface area contributed by atoms with Gasteiger partial charge >= 0.3 is 0 Å². The van der Waals surface area contributed by atoms with Gasteiger partial charge in [-0.1, -0.05) is 25.5 Å². The molecule has 174 valence electrons. The first-order chi connectivity index (χ1) is 16.6. The summed E-state index contributed by atoms with van der Waals surface area (Å²) in [5, 5.41) is 2.73. The Balaban J connectivity index is 1.37. The highest BCUT2D eigenvalue weighted by Gasteiger charge is 2.25. The van der Waals surface area contributed by atoms with Crippen molar-refractivity contribution in [1.29, 1.82) is 0 Å². The molecule has 3 aromatic rings. The highest BCUT2D eigenvalue weighted by Crippen LogP contribution is 2.30. The Hall–Kier alpha value is -3.30. The summed E-state index contributed by atoms with van der Waals surface area (Å²) in [5.74, 6) is -0.400. The molecule has 5 rings (SSSR count). The molecule has 0 saturated carbocycles. The molecule has 0 atom stereocenters. The molecule has 8 nitrogen and oxygen atoms in total. The van der Waals surface area contributed by atoms with Gasteiger partial charge in [-0.05, 0) is 49.0 Å². The number of pyridine rings is 1. The van der Waals surface area contributed by atoms with E-state index in [1.807, 2.05) is 6.07 Å². The number of unbranched alkanes of at least 4 members (excludes halogenated alkanes) is 1. The maximum absolute atomic E-state index is 11.9. The van der Waals surface area contributed by atoms with Gasteiger partial charge in [-0.2, -0.15) is 0 Å². The summed E-state index contributed by atoms with van der Waals surface area (Å²) in [6.07, 6.45) is 7.32. The third kappa shape index (κ3) is 4.80. The first kappa shape index (κ1) is 22.5. The van der Waals surface area contributed by atoms with E-state index < -0.39 is 5.91 Å². The summed E-state index contributed by atoms with van der Waals surface area (Å²) < 4.78 is 0. The second-order valence-electron chi connectivity index (χ2n) is 8.43. The van der Waals surface area contributed by atoms with Crippen molar-refractivity contribution in [3.05, 3.63) is 53.5 Å². The first-order valence-corrected chi connectivity index (χ1v) is 12.4. The van der Waals surface area contributed by atoms with Gasteiger partial charge in [-0.15, -0.1) is 0 Å². The van der Waals surface area contributed by atoms with E-state index >= 15 is 0 Å². The van der Waals surface area contributed by atoms with Crippen LogP contribution in [0.25, 0.3) is 28.2 Å². The van der Waals surface area contributed by atoms with E-state index in [1.165, 1.54) is 25.1 Å². The number of imide groups is 1. The molecule has 2 saturated heterocycles. The van der Waals surface area contributed by atoms with Crippen LogP contribution in [0.2, 0.25) is 0 Å². The third-order valence-corrected chi connectivity index (χ3v) is 6.98. The van der Waals surface area contributed by atoms with E-state index in [4.69, 9.17) is 0 Å². The maximum Gasteiger partial charge on any atom is 0.290 e. The molecule has 2 amide bonds. The molecule has 2 fully saturated rings. The van der Waals surface area contributed by atoms with E-state index in [2.05, 4.69) is 61.3 Å². The van der Waals surface area contributed by atoms with Gasteiger partial charge in [0, 0.05) is 42.8 Å². The smallest absolute Gasteiger partial charge is 0.290 e. The lowest BCUT2D eigenvalue weighted by Gasteiger charge is -2.36. The van der Waals surface area contributed by atoms with Gasteiger partial charge in [0.15, 0.2) is 0 Å². The van der Waals surface area contributed by atoms with Crippen LogP contribution in [-0.2, 0) is 4.79 Å². The van der Waals surface area contributed by atoms with E-state index in [-0.39, 0.29) is 5.24 Å². The van der Waals surface area contributed by atoms with Crippen molar-refractivity contribution in [2.45, 2.75) is 19.8 Å². The SMILES string of the molecule is CCCCN1CCN(c2ccc(-c3ncnc4cnc(C=C5SC(=O)NC5=O)cc34)cc2)CC1. The van der Waals surface area contributed by atoms with E-state index in [9.17, 15) is 9.59 Å². The highest BCUT2D eigenvalue weighted by molar-refractivity contribution is 8.18. The summed E-state index contributed by atoms with van der Waals surface area (Å²) in [4.78, 5) is 41.9. The number of amides is 2. The number of fused-ring (bicyclic) bond motifs is 1. The lowest BCUT2D eigenvalue weighted by atomic mass is 10.1. The zero-order valence-corrected chi connectivity index (χ0v) is 19.8. The Kier molecular flexibility index (Phi) is 6.55. The predicted molar refractivity (Wildman–Crippen MR) is 135 cm³/mol. The third-order valence-electron chi connectivity index (χ3n) is 6.17. The molecule has 1 N–H and O–H groups in total. The number of carbonyl (C=O) groups excluding carboxylic acids is 2. The molecular weight excluding hydrogens is 448 g/mol. The Bertz CT molecular complexity index is 1250. The number of anilines is 1. The molecule has 2 aromatic heterocycles. The normalized spacial score (nSPS) is 18.1. The lowest BCUT2D eigenvalue weighted by molar-refractivity contribution is -0.115. The zero-order chi connectivity index (χ0) is 23.5. The summed E-state index contributed by atoms with van der Waals surface area (Å²) >= 11 is 0.876. The van der Waals surface area contributed by atoms with Crippen molar-refractivity contribution in [2.24, 2.45) is 0 Å². The molecule has 2 aliphatic rings. The van der Waals surface area contributed by atoms with Crippen molar-refractivity contribution in [2.75, 3.05) is 37.6 Å². The number of nitrogens with zero attached hydrogens (tertiary/aromatic N) is 5. The van der Waals surface area contributed by atoms with Crippen LogP contribution < -0.4 is 10.2 Å². The van der Waals surface area contributed by atoms with Crippen LogP contribution in [-0.4, -0.2) is 63.7 Å². The maximum atomic E-state index is 11.9. The van der Waals surface area contributed by atoms with Gasteiger partial charge in [0.05, 0.1) is 28.0 Å². The number of hydrogen-bond acceptors (Lipinski definition) is 8. The molecule has 0 aliphatic carbocycles. The van der Waals surface area contributed by atoms with Gasteiger partial charge in [-0.3, -0.25) is 24.8 Å². The van der Waals surface area contributed by atoms with Crippen LogP contribution in [0.4, 0.5) is 10.5 Å².